The van der Waals surface area contributed by atoms with E-state index in [1.54, 1.807) is 0 Å². The summed E-state index contributed by atoms with van der Waals surface area (Å²) in [5.74, 6) is 0. The Kier molecular flexibility index (Phi) is 2.87. The Hall–Kier alpha value is -0.120. The molecule has 1 aliphatic heterocycles. The molecule has 1 rings (SSSR count). The van der Waals surface area contributed by atoms with E-state index in [0.717, 1.165) is 19.6 Å². The normalized spacial score (nSPS) is 37.9. The quantitative estimate of drug-likeness (QED) is 0.653. The molecule has 0 saturated carbocycles. The smallest absolute Gasteiger partial charge is 0.0749 e. The fourth-order valence-electron chi connectivity index (χ4n) is 1.28. The lowest BCUT2D eigenvalue weighted by Gasteiger charge is -2.26. The van der Waals surface area contributed by atoms with E-state index < -0.39 is 0 Å². The van der Waals surface area contributed by atoms with Crippen molar-refractivity contribution < 1.29 is 9.47 Å². The first-order valence-corrected chi connectivity index (χ1v) is 4.17. The van der Waals surface area contributed by atoms with Crippen LogP contribution in [-0.2, 0) is 9.47 Å². The van der Waals surface area contributed by atoms with Gasteiger partial charge in [0.2, 0.25) is 0 Å². The van der Waals surface area contributed by atoms with Crippen molar-refractivity contribution in [3.63, 3.8) is 0 Å². The molecule has 11 heavy (non-hydrogen) atoms. The zero-order chi connectivity index (χ0) is 8.32. The van der Waals surface area contributed by atoms with Gasteiger partial charge in [-0.1, -0.05) is 0 Å². The number of hydrogen-bond donors (Lipinski definition) is 1. The largest absolute Gasteiger partial charge is 0.380 e. The monoisotopic (exact) mass is 159 g/mol. The van der Waals surface area contributed by atoms with Gasteiger partial charge in [0, 0.05) is 13.2 Å². The van der Waals surface area contributed by atoms with E-state index in [-0.39, 0.29) is 11.6 Å². The second kappa shape index (κ2) is 3.52. The average Bonchev–Trinajstić information content (AvgIpc) is 2.30. The van der Waals surface area contributed by atoms with Crippen LogP contribution in [0.1, 0.15) is 20.3 Å². The van der Waals surface area contributed by atoms with Crippen LogP contribution < -0.4 is 5.73 Å². The summed E-state index contributed by atoms with van der Waals surface area (Å²) in [4.78, 5) is 0. The summed E-state index contributed by atoms with van der Waals surface area (Å²) in [5, 5.41) is 0. The first-order valence-electron chi connectivity index (χ1n) is 4.17. The van der Waals surface area contributed by atoms with Crippen LogP contribution in [0.25, 0.3) is 0 Å². The zero-order valence-electron chi connectivity index (χ0n) is 7.30. The van der Waals surface area contributed by atoms with E-state index in [4.69, 9.17) is 15.2 Å². The Labute approximate surface area is 67.9 Å². The van der Waals surface area contributed by atoms with Crippen molar-refractivity contribution in [2.75, 3.05) is 19.8 Å². The molecule has 0 amide bonds. The minimum absolute atomic E-state index is 0.133. The second-order valence-electron chi connectivity index (χ2n) is 3.13. The van der Waals surface area contributed by atoms with Gasteiger partial charge in [-0.25, -0.2) is 0 Å². The molecule has 0 aromatic carbocycles. The van der Waals surface area contributed by atoms with Crippen molar-refractivity contribution in [1.29, 1.82) is 0 Å². The highest BCUT2D eigenvalue weighted by atomic mass is 16.5. The van der Waals surface area contributed by atoms with Crippen LogP contribution in [0.4, 0.5) is 0 Å². The molecule has 1 aliphatic rings. The number of ether oxygens (including phenoxy) is 2. The summed E-state index contributed by atoms with van der Waals surface area (Å²) in [6.45, 7) is 6.09. The maximum absolute atomic E-state index is 6.04. The van der Waals surface area contributed by atoms with Crippen LogP contribution >= 0.6 is 0 Å². The van der Waals surface area contributed by atoms with E-state index >= 15 is 0 Å². The molecular weight excluding hydrogens is 142 g/mol. The topological polar surface area (TPSA) is 44.5 Å². The molecule has 0 radical (unpaired) electrons. The molecule has 0 bridgehead atoms. The summed E-state index contributed by atoms with van der Waals surface area (Å²) >= 11 is 0. The van der Waals surface area contributed by atoms with Crippen LogP contribution in [-0.4, -0.2) is 31.5 Å². The minimum atomic E-state index is -0.240. The summed E-state index contributed by atoms with van der Waals surface area (Å²) in [6, 6.07) is 0. The molecular formula is C8H17NO2. The predicted molar refractivity (Wildman–Crippen MR) is 43.4 cm³/mol. The molecule has 0 aromatic rings. The predicted octanol–water partition coefficient (Wildman–Crippen LogP) is 0.529. The third-order valence-electron chi connectivity index (χ3n) is 2.32. The molecule has 1 saturated heterocycles. The number of nitrogens with two attached hydrogens (primary N) is 1. The van der Waals surface area contributed by atoms with Gasteiger partial charge < -0.3 is 15.2 Å². The first-order chi connectivity index (χ1) is 5.19. The maximum Gasteiger partial charge on any atom is 0.0749 e. The molecule has 3 nitrogen and oxygen atoms in total. The van der Waals surface area contributed by atoms with Crippen molar-refractivity contribution in [1.82, 2.24) is 0 Å². The summed E-state index contributed by atoms with van der Waals surface area (Å²) in [7, 11) is 0. The Morgan fingerprint density at radius 3 is 2.91 bits per heavy atom. The summed E-state index contributed by atoms with van der Waals surface area (Å²) in [6.07, 6.45) is 1.04. The average molecular weight is 159 g/mol. The van der Waals surface area contributed by atoms with Crippen molar-refractivity contribution >= 4 is 0 Å². The second-order valence-corrected chi connectivity index (χ2v) is 3.13. The molecule has 3 heteroatoms. The maximum atomic E-state index is 6.04. The van der Waals surface area contributed by atoms with Gasteiger partial charge in [-0.3, -0.25) is 0 Å². The van der Waals surface area contributed by atoms with Crippen LogP contribution in [0.5, 0.6) is 0 Å². The molecule has 66 valence electrons. The Bertz CT molecular complexity index is 129. The van der Waals surface area contributed by atoms with Gasteiger partial charge in [-0.05, 0) is 20.3 Å². The third kappa shape index (κ3) is 1.92. The number of rotatable bonds is 3. The molecule has 2 unspecified atom stereocenters. The van der Waals surface area contributed by atoms with Gasteiger partial charge in [0.1, 0.15) is 0 Å². The van der Waals surface area contributed by atoms with E-state index in [9.17, 15) is 0 Å². The van der Waals surface area contributed by atoms with Gasteiger partial charge in [0.25, 0.3) is 0 Å². The van der Waals surface area contributed by atoms with Gasteiger partial charge >= 0.3 is 0 Å². The van der Waals surface area contributed by atoms with Gasteiger partial charge in [0.15, 0.2) is 0 Å². The highest BCUT2D eigenvalue weighted by Crippen LogP contribution is 2.22. The minimum Gasteiger partial charge on any atom is -0.380 e. The van der Waals surface area contributed by atoms with E-state index in [0.29, 0.717) is 6.61 Å². The highest BCUT2D eigenvalue weighted by Gasteiger charge is 2.37. The Morgan fingerprint density at radius 1 is 1.73 bits per heavy atom. The number of hydrogen-bond acceptors (Lipinski definition) is 3. The van der Waals surface area contributed by atoms with Gasteiger partial charge in [0.05, 0.1) is 18.2 Å². The van der Waals surface area contributed by atoms with E-state index in [1.807, 2.05) is 13.8 Å². The van der Waals surface area contributed by atoms with Crippen molar-refractivity contribution in [3.8, 4) is 0 Å². The summed E-state index contributed by atoms with van der Waals surface area (Å²) < 4.78 is 10.6. The first kappa shape index (κ1) is 8.97. The SMILES string of the molecule is CCOCC1(N)CCOC1C. The highest BCUT2D eigenvalue weighted by molar-refractivity contribution is 4.94. The lowest BCUT2D eigenvalue weighted by Crippen LogP contribution is -2.50. The zero-order valence-corrected chi connectivity index (χ0v) is 7.30. The molecule has 0 aromatic heterocycles. The van der Waals surface area contributed by atoms with Crippen LogP contribution in [0, 0.1) is 0 Å². The van der Waals surface area contributed by atoms with Crippen molar-refractivity contribution in [2.24, 2.45) is 5.73 Å². The Morgan fingerprint density at radius 2 is 2.45 bits per heavy atom. The van der Waals surface area contributed by atoms with Gasteiger partial charge in [-0.2, -0.15) is 0 Å². The van der Waals surface area contributed by atoms with Crippen molar-refractivity contribution in [2.45, 2.75) is 31.9 Å². The fourth-order valence-corrected chi connectivity index (χ4v) is 1.28. The lowest BCUT2D eigenvalue weighted by molar-refractivity contribution is 0.0414. The fraction of sp³-hybridized carbons (Fsp3) is 1.00. The van der Waals surface area contributed by atoms with Gasteiger partial charge in [-0.15, -0.1) is 0 Å². The molecule has 2 N–H and O–H groups in total. The standard InChI is InChI=1S/C8H17NO2/c1-3-10-6-8(9)4-5-11-7(8)2/h7H,3-6,9H2,1-2H3. The molecule has 0 aliphatic carbocycles. The van der Waals surface area contributed by atoms with Crippen LogP contribution in [0.15, 0.2) is 0 Å². The Balaban J connectivity index is 2.38. The third-order valence-corrected chi connectivity index (χ3v) is 2.32. The molecule has 2 atom stereocenters. The van der Waals surface area contributed by atoms with E-state index in [1.165, 1.54) is 0 Å². The molecule has 1 heterocycles. The molecule has 0 spiro atoms. The summed E-state index contributed by atoms with van der Waals surface area (Å²) in [5.41, 5.74) is 5.80. The van der Waals surface area contributed by atoms with Crippen molar-refractivity contribution in [3.05, 3.63) is 0 Å². The molecule has 1 fully saturated rings. The lowest BCUT2D eigenvalue weighted by atomic mass is 9.95. The van der Waals surface area contributed by atoms with Crippen LogP contribution in [0.2, 0.25) is 0 Å². The van der Waals surface area contributed by atoms with Crippen LogP contribution in [0.3, 0.4) is 0 Å². The van der Waals surface area contributed by atoms with E-state index in [2.05, 4.69) is 0 Å².